The summed E-state index contributed by atoms with van der Waals surface area (Å²) in [4.78, 5) is 4.05. The highest BCUT2D eigenvalue weighted by molar-refractivity contribution is 7.92. The normalized spacial score (nSPS) is 12.0. The van der Waals surface area contributed by atoms with E-state index >= 15 is 0 Å². The van der Waals surface area contributed by atoms with E-state index in [1.54, 1.807) is 13.1 Å². The van der Waals surface area contributed by atoms with Crippen molar-refractivity contribution in [1.29, 1.82) is 0 Å². The summed E-state index contributed by atoms with van der Waals surface area (Å²) >= 11 is 6.04. The largest absolute Gasteiger partial charge is 0.492 e. The molecule has 37 heavy (non-hydrogen) atoms. The summed E-state index contributed by atoms with van der Waals surface area (Å²) in [7, 11) is -3.51. The van der Waals surface area contributed by atoms with Crippen LogP contribution in [0.15, 0.2) is 61.1 Å². The fourth-order valence-electron chi connectivity index (χ4n) is 4.91. The van der Waals surface area contributed by atoms with Gasteiger partial charge in [-0.25, -0.2) is 13.4 Å². The molecular weight excluding hydrogens is 508 g/mol. The van der Waals surface area contributed by atoms with Crippen LogP contribution in [-0.4, -0.2) is 39.3 Å². The quantitative estimate of drug-likeness (QED) is 0.237. The number of halogens is 1. The maximum Gasteiger partial charge on any atom is 0.236 e. The smallest absolute Gasteiger partial charge is 0.236 e. The molecule has 2 aromatic carbocycles. The summed E-state index contributed by atoms with van der Waals surface area (Å²) in [5, 5.41) is 12.1. The summed E-state index contributed by atoms with van der Waals surface area (Å²) in [6.45, 7) is 6.98. The predicted octanol–water partition coefficient (Wildman–Crippen LogP) is 6.03. The van der Waals surface area contributed by atoms with Crippen LogP contribution < -0.4 is 4.72 Å². The number of hydrogen-bond donors (Lipinski definition) is 2. The Morgan fingerprint density at radius 2 is 1.81 bits per heavy atom. The Labute approximate surface area is 221 Å². The zero-order valence-corrected chi connectivity index (χ0v) is 22.6. The molecule has 0 atom stereocenters. The van der Waals surface area contributed by atoms with E-state index in [1.165, 1.54) is 16.7 Å². The van der Waals surface area contributed by atoms with Crippen molar-refractivity contribution in [3.05, 3.63) is 77.7 Å². The highest BCUT2D eigenvalue weighted by atomic mass is 35.5. The van der Waals surface area contributed by atoms with E-state index in [4.69, 9.17) is 11.6 Å². The Bertz CT molecular complexity index is 1720. The van der Waals surface area contributed by atoms with Gasteiger partial charge in [0, 0.05) is 53.9 Å². The molecule has 0 amide bonds. The second kappa shape index (κ2) is 9.76. The monoisotopic (exact) mass is 536 g/mol. The molecule has 0 aliphatic heterocycles. The predicted molar refractivity (Wildman–Crippen MR) is 151 cm³/mol. The fourth-order valence-corrected chi connectivity index (χ4v) is 5.74. The molecule has 0 radical (unpaired) electrons. The van der Waals surface area contributed by atoms with E-state index in [0.717, 1.165) is 27.4 Å². The zero-order chi connectivity index (χ0) is 26.3. The van der Waals surface area contributed by atoms with E-state index in [1.807, 2.05) is 35.2 Å². The van der Waals surface area contributed by atoms with Crippen LogP contribution >= 0.6 is 11.6 Å². The first-order valence-corrected chi connectivity index (χ1v) is 14.3. The molecule has 0 aliphatic rings. The van der Waals surface area contributed by atoms with Crippen LogP contribution in [0, 0.1) is 13.8 Å². The number of rotatable bonds is 8. The Morgan fingerprint density at radius 3 is 2.51 bits per heavy atom. The second-order valence-corrected chi connectivity index (χ2v) is 11.6. The molecule has 0 aliphatic carbocycles. The number of pyridine rings is 1. The number of benzene rings is 2. The average molecular weight is 537 g/mol. The molecule has 0 fully saturated rings. The first-order valence-electron chi connectivity index (χ1n) is 12.1. The molecule has 0 saturated heterocycles. The standard InChI is InChI=1S/C28H29ClN4O3S/c1-4-37(35,36)31-25-14-20(24-17-33(13-10-29)27-21(24)8-11-30-28(27)34)15-26-22(25)9-12-32(26)16-23-18(2)6-5-7-19(23)3/h5-9,11-12,14-15,17,31H,4,10,13,16H2,1-3H3,(H,30,34). The number of aromatic hydroxyl groups is 1. The Kier molecular flexibility index (Phi) is 6.64. The van der Waals surface area contributed by atoms with Crippen LogP contribution in [-0.2, 0) is 23.1 Å². The summed E-state index contributed by atoms with van der Waals surface area (Å²) in [5.74, 6) is 0.271. The lowest BCUT2D eigenvalue weighted by Gasteiger charge is -2.14. The van der Waals surface area contributed by atoms with E-state index in [9.17, 15) is 13.5 Å². The van der Waals surface area contributed by atoms with Crippen LogP contribution in [0.1, 0.15) is 23.6 Å². The van der Waals surface area contributed by atoms with Crippen molar-refractivity contribution in [3.63, 3.8) is 0 Å². The fraction of sp³-hybridized carbons (Fsp3) is 0.250. The summed E-state index contributed by atoms with van der Waals surface area (Å²) in [6, 6.07) is 14.0. The van der Waals surface area contributed by atoms with Gasteiger partial charge in [-0.1, -0.05) is 18.2 Å². The van der Waals surface area contributed by atoms with Crippen molar-refractivity contribution in [2.45, 2.75) is 33.9 Å². The van der Waals surface area contributed by atoms with Gasteiger partial charge in [0.25, 0.3) is 0 Å². The molecular formula is C28H29ClN4O3S. The van der Waals surface area contributed by atoms with Gasteiger partial charge in [0.2, 0.25) is 15.9 Å². The lowest BCUT2D eigenvalue weighted by molar-refractivity contribution is 0.457. The third-order valence-electron chi connectivity index (χ3n) is 6.91. The van der Waals surface area contributed by atoms with Crippen LogP contribution in [0.2, 0.25) is 0 Å². The Hall–Kier alpha value is -3.49. The molecule has 0 bridgehead atoms. The Balaban J connectivity index is 1.75. The third kappa shape index (κ3) is 4.67. The van der Waals surface area contributed by atoms with Gasteiger partial charge in [0.15, 0.2) is 0 Å². The maximum absolute atomic E-state index is 12.6. The molecule has 3 aromatic heterocycles. The van der Waals surface area contributed by atoms with Gasteiger partial charge in [0.05, 0.1) is 17.0 Å². The van der Waals surface area contributed by atoms with Crippen molar-refractivity contribution in [2.75, 3.05) is 16.4 Å². The number of sulfonamides is 1. The molecule has 0 unspecified atom stereocenters. The third-order valence-corrected chi connectivity index (χ3v) is 8.37. The van der Waals surface area contributed by atoms with Crippen molar-refractivity contribution < 1.29 is 13.5 Å². The summed E-state index contributed by atoms with van der Waals surface area (Å²) < 4.78 is 32.0. The molecule has 0 spiro atoms. The van der Waals surface area contributed by atoms with Gasteiger partial charge in [-0.05, 0) is 67.3 Å². The van der Waals surface area contributed by atoms with Crippen molar-refractivity contribution in [1.82, 2.24) is 14.1 Å². The van der Waals surface area contributed by atoms with Crippen molar-refractivity contribution in [3.8, 4) is 17.0 Å². The first-order chi connectivity index (χ1) is 17.7. The van der Waals surface area contributed by atoms with Crippen LogP contribution in [0.4, 0.5) is 5.69 Å². The number of aryl methyl sites for hydroxylation is 3. The topological polar surface area (TPSA) is 89.2 Å². The van der Waals surface area contributed by atoms with Crippen molar-refractivity contribution in [2.24, 2.45) is 0 Å². The van der Waals surface area contributed by atoms with Gasteiger partial charge in [-0.15, -0.1) is 11.6 Å². The van der Waals surface area contributed by atoms with Gasteiger partial charge in [-0.3, -0.25) is 4.72 Å². The molecule has 192 valence electrons. The van der Waals surface area contributed by atoms with Gasteiger partial charge in [0.1, 0.15) is 5.52 Å². The molecule has 2 N–H and O–H groups in total. The van der Waals surface area contributed by atoms with E-state index < -0.39 is 10.0 Å². The van der Waals surface area contributed by atoms with Crippen molar-refractivity contribution >= 4 is 49.1 Å². The maximum atomic E-state index is 12.6. The summed E-state index contributed by atoms with van der Waals surface area (Å²) in [5.41, 5.74) is 7.35. The second-order valence-electron chi connectivity index (χ2n) is 9.23. The molecule has 7 nitrogen and oxygen atoms in total. The van der Waals surface area contributed by atoms with Crippen LogP contribution in [0.3, 0.4) is 0 Å². The number of nitrogens with one attached hydrogen (secondary N) is 1. The molecule has 9 heteroatoms. The van der Waals surface area contributed by atoms with Gasteiger partial charge in [-0.2, -0.15) is 0 Å². The van der Waals surface area contributed by atoms with Crippen LogP contribution in [0.5, 0.6) is 5.88 Å². The minimum absolute atomic E-state index is 0.0313. The first kappa shape index (κ1) is 25.2. The highest BCUT2D eigenvalue weighted by Crippen LogP contribution is 2.38. The minimum atomic E-state index is -3.51. The van der Waals surface area contributed by atoms with E-state index in [2.05, 4.69) is 52.4 Å². The average Bonchev–Trinajstić information content (AvgIpc) is 3.44. The number of fused-ring (bicyclic) bond motifs is 2. The number of hydrogen-bond acceptors (Lipinski definition) is 4. The minimum Gasteiger partial charge on any atom is -0.492 e. The van der Waals surface area contributed by atoms with E-state index in [-0.39, 0.29) is 11.6 Å². The molecule has 0 saturated carbocycles. The van der Waals surface area contributed by atoms with Gasteiger partial charge < -0.3 is 14.2 Å². The lowest BCUT2D eigenvalue weighted by Crippen LogP contribution is -2.14. The molecule has 5 rings (SSSR count). The SMILES string of the molecule is CCS(=O)(=O)Nc1cc(-c2cn(CCCl)c3c(O)nccc23)cc2c1ccn2Cc1c(C)cccc1C. The number of nitrogens with zero attached hydrogens (tertiary/aromatic N) is 3. The Morgan fingerprint density at radius 1 is 1.05 bits per heavy atom. The number of alkyl halides is 1. The number of aromatic nitrogens is 3. The number of anilines is 1. The van der Waals surface area contributed by atoms with E-state index in [0.29, 0.717) is 30.2 Å². The molecule has 5 aromatic rings. The highest BCUT2D eigenvalue weighted by Gasteiger charge is 2.19. The van der Waals surface area contributed by atoms with Gasteiger partial charge >= 0.3 is 0 Å². The zero-order valence-electron chi connectivity index (χ0n) is 21.0. The lowest BCUT2D eigenvalue weighted by atomic mass is 10.0. The summed E-state index contributed by atoms with van der Waals surface area (Å²) in [6.07, 6.45) is 5.50. The van der Waals surface area contributed by atoms with Crippen LogP contribution in [0.25, 0.3) is 32.9 Å². The molecule has 3 heterocycles.